The summed E-state index contributed by atoms with van der Waals surface area (Å²) in [4.78, 5) is 0. The zero-order valence-electron chi connectivity index (χ0n) is 10.7. The van der Waals surface area contributed by atoms with Crippen molar-refractivity contribution < 1.29 is 0 Å². The summed E-state index contributed by atoms with van der Waals surface area (Å²) in [5.74, 6) is 0. The van der Waals surface area contributed by atoms with Crippen LogP contribution in [0.1, 0.15) is 36.1 Å². The Hall–Kier alpha value is -0.390. The van der Waals surface area contributed by atoms with Crippen molar-refractivity contribution in [2.45, 2.75) is 26.3 Å². The van der Waals surface area contributed by atoms with Gasteiger partial charge in [0.05, 0.1) is 6.04 Å². The van der Waals surface area contributed by atoms with Crippen LogP contribution in [0.3, 0.4) is 0 Å². The Labute approximate surface area is 127 Å². The van der Waals surface area contributed by atoms with Gasteiger partial charge in [-0.15, -0.1) is 0 Å². The van der Waals surface area contributed by atoms with Gasteiger partial charge in [-0.25, -0.2) is 0 Å². The van der Waals surface area contributed by atoms with E-state index in [4.69, 9.17) is 0 Å². The van der Waals surface area contributed by atoms with E-state index in [2.05, 4.69) is 76.8 Å². The Morgan fingerprint density at radius 3 is 2.83 bits per heavy atom. The summed E-state index contributed by atoms with van der Waals surface area (Å²) in [5.41, 5.74) is 4.12. The molecule has 0 amide bonds. The lowest BCUT2D eigenvalue weighted by Crippen LogP contribution is -2.23. The van der Waals surface area contributed by atoms with Crippen molar-refractivity contribution >= 4 is 33.9 Å². The molecule has 0 aliphatic heterocycles. The van der Waals surface area contributed by atoms with E-state index in [1.54, 1.807) is 11.3 Å². The minimum atomic E-state index is 0.322. The largest absolute Gasteiger partial charge is 0.306 e. The van der Waals surface area contributed by atoms with Gasteiger partial charge < -0.3 is 5.32 Å². The first-order chi connectivity index (χ1) is 8.74. The first kappa shape index (κ1) is 14.0. The average molecular weight is 371 g/mol. The van der Waals surface area contributed by atoms with Crippen molar-refractivity contribution in [1.29, 1.82) is 0 Å². The molecule has 0 aliphatic carbocycles. The van der Waals surface area contributed by atoms with E-state index in [-0.39, 0.29) is 0 Å². The van der Waals surface area contributed by atoms with Gasteiger partial charge in [-0.2, -0.15) is 11.3 Å². The third kappa shape index (κ3) is 3.13. The molecule has 1 aromatic heterocycles. The van der Waals surface area contributed by atoms with Crippen LogP contribution >= 0.6 is 33.9 Å². The quantitative estimate of drug-likeness (QED) is 0.748. The van der Waals surface area contributed by atoms with Gasteiger partial charge in [0.2, 0.25) is 0 Å². The minimum Gasteiger partial charge on any atom is -0.306 e. The van der Waals surface area contributed by atoms with Gasteiger partial charge >= 0.3 is 0 Å². The molecule has 1 atom stereocenters. The number of benzene rings is 1. The first-order valence-corrected chi connectivity index (χ1v) is 8.26. The Morgan fingerprint density at radius 1 is 1.33 bits per heavy atom. The van der Waals surface area contributed by atoms with Crippen LogP contribution in [-0.2, 0) is 0 Å². The van der Waals surface area contributed by atoms with E-state index >= 15 is 0 Å². The summed E-state index contributed by atoms with van der Waals surface area (Å²) in [7, 11) is 0. The predicted molar refractivity (Wildman–Crippen MR) is 88.4 cm³/mol. The SMILES string of the molecule is CCCNC(c1ccsc1)c1cccc(C)c1I. The highest BCUT2D eigenvalue weighted by atomic mass is 127. The highest BCUT2D eigenvalue weighted by Crippen LogP contribution is 2.29. The van der Waals surface area contributed by atoms with Crippen LogP contribution in [0.5, 0.6) is 0 Å². The summed E-state index contributed by atoms with van der Waals surface area (Å²) in [5, 5.41) is 8.05. The Bertz CT molecular complexity index is 493. The lowest BCUT2D eigenvalue weighted by molar-refractivity contribution is 0.597. The Kier molecular flexibility index (Phi) is 5.21. The van der Waals surface area contributed by atoms with Crippen LogP contribution in [0.2, 0.25) is 0 Å². The van der Waals surface area contributed by atoms with Crippen molar-refractivity contribution in [2.24, 2.45) is 0 Å². The van der Waals surface area contributed by atoms with Crippen LogP contribution in [0.25, 0.3) is 0 Å². The molecule has 1 heterocycles. The zero-order valence-corrected chi connectivity index (χ0v) is 13.7. The van der Waals surface area contributed by atoms with E-state index in [1.165, 1.54) is 20.3 Å². The number of hydrogen-bond donors (Lipinski definition) is 1. The highest BCUT2D eigenvalue weighted by Gasteiger charge is 2.16. The summed E-state index contributed by atoms with van der Waals surface area (Å²) < 4.78 is 1.37. The summed E-state index contributed by atoms with van der Waals surface area (Å²) in [6.07, 6.45) is 1.16. The number of halogens is 1. The molecule has 0 saturated carbocycles. The molecular formula is C15H18INS. The van der Waals surface area contributed by atoms with Gasteiger partial charge in [-0.1, -0.05) is 25.1 Å². The van der Waals surface area contributed by atoms with Crippen LogP contribution in [-0.4, -0.2) is 6.54 Å². The molecular weight excluding hydrogens is 353 g/mol. The number of thiophene rings is 1. The Morgan fingerprint density at radius 2 is 2.17 bits per heavy atom. The lowest BCUT2D eigenvalue weighted by Gasteiger charge is -2.20. The number of hydrogen-bond acceptors (Lipinski definition) is 2. The molecule has 0 spiro atoms. The molecule has 2 aromatic rings. The number of aryl methyl sites for hydroxylation is 1. The average Bonchev–Trinajstić information content (AvgIpc) is 2.88. The van der Waals surface area contributed by atoms with Crippen molar-refractivity contribution in [3.63, 3.8) is 0 Å². The second-order valence-corrected chi connectivity index (χ2v) is 6.28. The highest BCUT2D eigenvalue weighted by molar-refractivity contribution is 14.1. The molecule has 3 heteroatoms. The van der Waals surface area contributed by atoms with Crippen LogP contribution in [0, 0.1) is 10.5 Å². The molecule has 0 fully saturated rings. The van der Waals surface area contributed by atoms with Gasteiger partial charge in [0.25, 0.3) is 0 Å². The molecule has 0 aliphatic rings. The van der Waals surface area contributed by atoms with Crippen molar-refractivity contribution in [3.05, 3.63) is 55.3 Å². The fourth-order valence-corrected chi connectivity index (χ4v) is 3.39. The predicted octanol–water partition coefficient (Wildman–Crippen LogP) is 4.75. The van der Waals surface area contributed by atoms with Crippen molar-refractivity contribution in [2.75, 3.05) is 6.54 Å². The van der Waals surface area contributed by atoms with Crippen LogP contribution in [0.4, 0.5) is 0 Å². The van der Waals surface area contributed by atoms with Gasteiger partial charge in [0.1, 0.15) is 0 Å². The second-order valence-electron chi connectivity index (χ2n) is 4.42. The zero-order chi connectivity index (χ0) is 13.0. The van der Waals surface area contributed by atoms with E-state index in [9.17, 15) is 0 Å². The molecule has 0 bridgehead atoms. The fourth-order valence-electron chi connectivity index (χ4n) is 2.03. The maximum atomic E-state index is 3.66. The topological polar surface area (TPSA) is 12.0 Å². The normalized spacial score (nSPS) is 12.6. The van der Waals surface area contributed by atoms with Gasteiger partial charge in [0, 0.05) is 3.57 Å². The minimum absolute atomic E-state index is 0.322. The summed E-state index contributed by atoms with van der Waals surface area (Å²) in [6.45, 7) is 5.43. The van der Waals surface area contributed by atoms with E-state index < -0.39 is 0 Å². The first-order valence-electron chi connectivity index (χ1n) is 6.24. The Balaban J connectivity index is 2.37. The van der Waals surface area contributed by atoms with E-state index in [0.717, 1.165) is 13.0 Å². The third-order valence-electron chi connectivity index (χ3n) is 3.01. The molecule has 18 heavy (non-hydrogen) atoms. The maximum absolute atomic E-state index is 3.66. The van der Waals surface area contributed by atoms with E-state index in [0.29, 0.717) is 6.04 Å². The molecule has 96 valence electrons. The smallest absolute Gasteiger partial charge is 0.0595 e. The molecule has 1 N–H and O–H groups in total. The molecule has 1 nitrogen and oxygen atoms in total. The van der Waals surface area contributed by atoms with Crippen molar-refractivity contribution in [1.82, 2.24) is 5.32 Å². The standard InChI is InChI=1S/C15H18INS/c1-3-8-17-15(12-7-9-18-10-12)13-6-4-5-11(2)14(13)16/h4-7,9-10,15,17H,3,8H2,1-2H3. The number of rotatable bonds is 5. The molecule has 2 rings (SSSR count). The monoisotopic (exact) mass is 371 g/mol. The second kappa shape index (κ2) is 6.68. The molecule has 0 saturated heterocycles. The molecule has 0 radical (unpaired) electrons. The summed E-state index contributed by atoms with van der Waals surface area (Å²) in [6, 6.07) is 9.11. The third-order valence-corrected chi connectivity index (χ3v) is 5.18. The number of nitrogens with one attached hydrogen (secondary N) is 1. The molecule has 1 aromatic carbocycles. The van der Waals surface area contributed by atoms with Crippen LogP contribution < -0.4 is 5.32 Å². The van der Waals surface area contributed by atoms with Gasteiger partial charge in [-0.05, 0) is 76.0 Å². The molecule has 1 unspecified atom stereocenters. The lowest BCUT2D eigenvalue weighted by atomic mass is 9.99. The van der Waals surface area contributed by atoms with E-state index in [1.807, 2.05) is 0 Å². The van der Waals surface area contributed by atoms with Crippen LogP contribution in [0.15, 0.2) is 35.0 Å². The fraction of sp³-hybridized carbons (Fsp3) is 0.333. The maximum Gasteiger partial charge on any atom is 0.0595 e. The van der Waals surface area contributed by atoms with Gasteiger partial charge in [0.15, 0.2) is 0 Å². The van der Waals surface area contributed by atoms with Crippen molar-refractivity contribution in [3.8, 4) is 0 Å². The van der Waals surface area contributed by atoms with Gasteiger partial charge in [-0.3, -0.25) is 0 Å². The summed E-state index contributed by atoms with van der Waals surface area (Å²) >= 11 is 4.22.